The van der Waals surface area contributed by atoms with E-state index in [-0.39, 0.29) is 28.8 Å². The van der Waals surface area contributed by atoms with Gasteiger partial charge in [0.05, 0.1) is 17.1 Å². The monoisotopic (exact) mass is 257 g/mol. The summed E-state index contributed by atoms with van der Waals surface area (Å²) in [5.74, 6) is 0.555. The number of nitrogen functional groups attached to an aromatic ring is 1. The molecule has 1 fully saturated rings. The predicted molar refractivity (Wildman–Crippen MR) is 64.7 cm³/mol. The third-order valence-corrected chi connectivity index (χ3v) is 4.81. The number of sulfone groups is 1. The molecule has 0 aromatic carbocycles. The molecule has 0 amide bonds. The number of aromatic nitrogens is 2. The Bertz CT molecular complexity index is 591. The molecule has 94 valence electrons. The molecule has 17 heavy (non-hydrogen) atoms. The van der Waals surface area contributed by atoms with E-state index < -0.39 is 9.84 Å². The Hall–Kier alpha value is -1.37. The lowest BCUT2D eigenvalue weighted by Gasteiger charge is -2.09. The average Bonchev–Trinajstić information content (AvgIpc) is 2.58. The largest absolute Gasteiger partial charge is 0.383 e. The van der Waals surface area contributed by atoms with Gasteiger partial charge >= 0.3 is 0 Å². The van der Waals surface area contributed by atoms with Gasteiger partial charge in [-0.25, -0.2) is 13.4 Å². The molecule has 6 nitrogen and oxygen atoms in total. The van der Waals surface area contributed by atoms with Crippen molar-refractivity contribution in [3.05, 3.63) is 21.7 Å². The number of hydrogen-bond donors (Lipinski definition) is 2. The van der Waals surface area contributed by atoms with Crippen LogP contribution < -0.4 is 11.3 Å². The van der Waals surface area contributed by atoms with Crippen LogP contribution in [0.4, 0.5) is 5.82 Å². The summed E-state index contributed by atoms with van der Waals surface area (Å²) in [5.41, 5.74) is 5.88. The predicted octanol–water partition coefficient (Wildman–Crippen LogP) is -0.183. The Morgan fingerprint density at radius 3 is 2.71 bits per heavy atom. The molecule has 1 atom stereocenters. The first-order chi connectivity index (χ1) is 7.93. The molecule has 0 saturated carbocycles. The number of rotatable bonds is 2. The van der Waals surface area contributed by atoms with Crippen LogP contribution in [0.2, 0.25) is 0 Å². The van der Waals surface area contributed by atoms with E-state index in [4.69, 9.17) is 5.73 Å². The molecule has 1 aliphatic heterocycles. The Morgan fingerprint density at radius 1 is 1.53 bits per heavy atom. The maximum Gasteiger partial charge on any atom is 0.256 e. The molecule has 0 bridgehead atoms. The second-order valence-corrected chi connectivity index (χ2v) is 6.50. The van der Waals surface area contributed by atoms with Crippen LogP contribution in [0.5, 0.6) is 0 Å². The third kappa shape index (κ3) is 2.33. The molecule has 1 unspecified atom stereocenters. The summed E-state index contributed by atoms with van der Waals surface area (Å²) in [4.78, 5) is 18.4. The Morgan fingerprint density at radius 2 is 2.24 bits per heavy atom. The Labute approximate surface area is 99.2 Å². The fourth-order valence-electron chi connectivity index (χ4n) is 2.08. The highest BCUT2D eigenvalue weighted by molar-refractivity contribution is 7.91. The van der Waals surface area contributed by atoms with Crippen LogP contribution in [0, 0.1) is 0 Å². The first-order valence-corrected chi connectivity index (χ1v) is 7.34. The summed E-state index contributed by atoms with van der Waals surface area (Å²) >= 11 is 0. The van der Waals surface area contributed by atoms with Crippen LogP contribution in [0.15, 0.2) is 4.79 Å². The first kappa shape index (κ1) is 12.1. The van der Waals surface area contributed by atoms with E-state index in [1.54, 1.807) is 0 Å². The van der Waals surface area contributed by atoms with Gasteiger partial charge in [0.15, 0.2) is 9.84 Å². The number of nitrogens with two attached hydrogens (primary N) is 1. The molecule has 0 spiro atoms. The number of nitrogens with zero attached hydrogens (tertiary/aromatic N) is 1. The molecule has 1 aromatic rings. The lowest BCUT2D eigenvalue weighted by molar-refractivity contribution is 0.601. The number of aromatic amines is 1. The molecular formula is C10H15N3O3S. The van der Waals surface area contributed by atoms with Crippen molar-refractivity contribution in [1.29, 1.82) is 0 Å². The smallest absolute Gasteiger partial charge is 0.256 e. The van der Waals surface area contributed by atoms with Crippen molar-refractivity contribution in [2.24, 2.45) is 0 Å². The maximum absolute atomic E-state index is 11.7. The van der Waals surface area contributed by atoms with Crippen molar-refractivity contribution in [3.8, 4) is 0 Å². The van der Waals surface area contributed by atoms with Crippen LogP contribution in [-0.2, 0) is 16.3 Å². The zero-order valence-electron chi connectivity index (χ0n) is 9.56. The van der Waals surface area contributed by atoms with Gasteiger partial charge in [-0.05, 0) is 12.8 Å². The van der Waals surface area contributed by atoms with Crippen LogP contribution in [0.25, 0.3) is 0 Å². The molecule has 0 aliphatic carbocycles. The van der Waals surface area contributed by atoms with Gasteiger partial charge in [-0.1, -0.05) is 6.92 Å². The molecule has 1 aromatic heterocycles. The standard InChI is InChI=1S/C10H15N3O3S/c1-2-7-8(11)12-9(13-10(7)14)6-3-4-17(15,16)5-6/h6H,2-5H2,1H3,(H3,11,12,13,14). The van der Waals surface area contributed by atoms with Crippen molar-refractivity contribution in [2.45, 2.75) is 25.7 Å². The van der Waals surface area contributed by atoms with E-state index in [2.05, 4.69) is 9.97 Å². The zero-order valence-corrected chi connectivity index (χ0v) is 10.4. The summed E-state index contributed by atoms with van der Waals surface area (Å²) in [6.07, 6.45) is 1.01. The number of anilines is 1. The topological polar surface area (TPSA) is 106 Å². The molecule has 0 radical (unpaired) electrons. The average molecular weight is 257 g/mol. The minimum atomic E-state index is -2.99. The highest BCUT2D eigenvalue weighted by Gasteiger charge is 2.31. The van der Waals surface area contributed by atoms with Crippen LogP contribution in [0.3, 0.4) is 0 Å². The first-order valence-electron chi connectivity index (χ1n) is 5.52. The van der Waals surface area contributed by atoms with E-state index in [0.29, 0.717) is 24.2 Å². The van der Waals surface area contributed by atoms with Crippen molar-refractivity contribution in [1.82, 2.24) is 9.97 Å². The van der Waals surface area contributed by atoms with Gasteiger partial charge in [0.1, 0.15) is 11.6 Å². The second-order valence-electron chi connectivity index (χ2n) is 4.27. The van der Waals surface area contributed by atoms with Gasteiger partial charge in [-0.3, -0.25) is 4.79 Å². The van der Waals surface area contributed by atoms with Crippen molar-refractivity contribution < 1.29 is 8.42 Å². The summed E-state index contributed by atoms with van der Waals surface area (Å²) < 4.78 is 22.7. The number of H-pyrrole nitrogens is 1. The Balaban J connectivity index is 2.39. The molecule has 2 rings (SSSR count). The van der Waals surface area contributed by atoms with Crippen molar-refractivity contribution in [3.63, 3.8) is 0 Å². The van der Waals surface area contributed by atoms with Gasteiger partial charge in [0, 0.05) is 5.92 Å². The van der Waals surface area contributed by atoms with Crippen molar-refractivity contribution in [2.75, 3.05) is 17.2 Å². The minimum Gasteiger partial charge on any atom is -0.383 e. The van der Waals surface area contributed by atoms with Crippen LogP contribution in [0.1, 0.15) is 30.7 Å². The van der Waals surface area contributed by atoms with Gasteiger partial charge < -0.3 is 10.7 Å². The number of hydrogen-bond acceptors (Lipinski definition) is 5. The van der Waals surface area contributed by atoms with E-state index in [9.17, 15) is 13.2 Å². The molecule has 1 saturated heterocycles. The quantitative estimate of drug-likeness (QED) is 0.764. The fourth-order valence-corrected chi connectivity index (χ4v) is 3.83. The maximum atomic E-state index is 11.7. The fraction of sp³-hybridized carbons (Fsp3) is 0.600. The minimum absolute atomic E-state index is 0.0425. The zero-order chi connectivity index (χ0) is 12.6. The second kappa shape index (κ2) is 4.14. The van der Waals surface area contributed by atoms with E-state index in [0.717, 1.165) is 0 Å². The molecule has 1 aliphatic rings. The molecule has 2 heterocycles. The van der Waals surface area contributed by atoms with Gasteiger partial charge in [-0.15, -0.1) is 0 Å². The SMILES string of the molecule is CCc1c(N)nc(C2CCS(=O)(=O)C2)[nH]c1=O. The van der Waals surface area contributed by atoms with E-state index >= 15 is 0 Å². The number of nitrogens with one attached hydrogen (secondary N) is 1. The summed E-state index contributed by atoms with van der Waals surface area (Å²) in [7, 11) is -2.99. The summed E-state index contributed by atoms with van der Waals surface area (Å²) in [6, 6.07) is 0. The Kier molecular flexibility index (Phi) is 2.94. The van der Waals surface area contributed by atoms with Crippen molar-refractivity contribution >= 4 is 15.7 Å². The molecule has 3 N–H and O–H groups in total. The van der Waals surface area contributed by atoms with Crippen LogP contribution >= 0.6 is 0 Å². The van der Waals surface area contributed by atoms with Crippen LogP contribution in [-0.4, -0.2) is 29.9 Å². The lowest BCUT2D eigenvalue weighted by Crippen LogP contribution is -2.21. The summed E-state index contributed by atoms with van der Waals surface area (Å²) in [6.45, 7) is 1.82. The van der Waals surface area contributed by atoms with Gasteiger partial charge in [0.25, 0.3) is 5.56 Å². The lowest BCUT2D eigenvalue weighted by atomic mass is 10.1. The van der Waals surface area contributed by atoms with E-state index in [1.165, 1.54) is 0 Å². The summed E-state index contributed by atoms with van der Waals surface area (Å²) in [5, 5.41) is 0. The highest BCUT2D eigenvalue weighted by atomic mass is 32.2. The third-order valence-electron chi connectivity index (χ3n) is 3.04. The molecular weight excluding hydrogens is 242 g/mol. The van der Waals surface area contributed by atoms with Gasteiger partial charge in [0.2, 0.25) is 0 Å². The normalized spacial score (nSPS) is 22.8. The van der Waals surface area contributed by atoms with E-state index in [1.807, 2.05) is 6.92 Å². The highest BCUT2D eigenvalue weighted by Crippen LogP contribution is 2.26. The van der Waals surface area contributed by atoms with Gasteiger partial charge in [-0.2, -0.15) is 0 Å². The molecule has 7 heteroatoms.